The highest BCUT2D eigenvalue weighted by molar-refractivity contribution is 4.98. The summed E-state index contributed by atoms with van der Waals surface area (Å²) in [5.74, 6) is 0. The molecule has 0 radical (unpaired) electrons. The van der Waals surface area contributed by atoms with Gasteiger partial charge in [0.2, 0.25) is 0 Å². The van der Waals surface area contributed by atoms with E-state index < -0.39 is 0 Å². The molecule has 3 aliphatic rings. The summed E-state index contributed by atoms with van der Waals surface area (Å²) < 4.78 is 0. The summed E-state index contributed by atoms with van der Waals surface area (Å²) in [5.41, 5.74) is 0.873. The standard InChI is InChI=1S/C12H21N/c1-2-10(3-1)13-11-4-6-12(7-5-11)8-9-12/h10-11,13H,1-9H2. The van der Waals surface area contributed by atoms with E-state index in [0.717, 1.165) is 17.5 Å². The number of nitrogens with one attached hydrogen (secondary N) is 1. The molecular weight excluding hydrogens is 158 g/mol. The normalized spacial score (nSPS) is 33.2. The SMILES string of the molecule is C1CC(NC2CCC3(CC2)CC3)C1. The minimum atomic E-state index is 0.873. The van der Waals surface area contributed by atoms with E-state index in [4.69, 9.17) is 0 Å². The average molecular weight is 179 g/mol. The van der Waals surface area contributed by atoms with Gasteiger partial charge in [-0.1, -0.05) is 6.42 Å². The van der Waals surface area contributed by atoms with Gasteiger partial charge in [0.05, 0.1) is 0 Å². The molecular formula is C12H21N. The van der Waals surface area contributed by atoms with Crippen molar-refractivity contribution in [3.8, 4) is 0 Å². The Hall–Kier alpha value is -0.0400. The fraction of sp³-hybridized carbons (Fsp3) is 1.00. The maximum absolute atomic E-state index is 3.82. The number of hydrogen-bond acceptors (Lipinski definition) is 1. The first kappa shape index (κ1) is 8.28. The summed E-state index contributed by atoms with van der Waals surface area (Å²) in [6.07, 6.45) is 13.4. The zero-order valence-corrected chi connectivity index (χ0v) is 8.52. The van der Waals surface area contributed by atoms with Gasteiger partial charge in [0.15, 0.2) is 0 Å². The van der Waals surface area contributed by atoms with Gasteiger partial charge in [0, 0.05) is 12.1 Å². The molecule has 0 atom stereocenters. The molecule has 0 heterocycles. The molecule has 13 heavy (non-hydrogen) atoms. The maximum atomic E-state index is 3.82. The van der Waals surface area contributed by atoms with E-state index in [1.807, 2.05) is 0 Å². The summed E-state index contributed by atoms with van der Waals surface area (Å²) in [6, 6.07) is 1.79. The zero-order valence-electron chi connectivity index (χ0n) is 8.52. The largest absolute Gasteiger partial charge is 0.311 e. The van der Waals surface area contributed by atoms with Gasteiger partial charge in [0.1, 0.15) is 0 Å². The quantitative estimate of drug-likeness (QED) is 0.687. The molecule has 0 aromatic carbocycles. The Bertz CT molecular complexity index is 181. The summed E-state index contributed by atoms with van der Waals surface area (Å²) in [4.78, 5) is 0. The minimum Gasteiger partial charge on any atom is -0.311 e. The van der Waals surface area contributed by atoms with Gasteiger partial charge in [0.25, 0.3) is 0 Å². The molecule has 3 fully saturated rings. The lowest BCUT2D eigenvalue weighted by molar-refractivity contribution is 0.225. The van der Waals surface area contributed by atoms with Crippen molar-refractivity contribution >= 4 is 0 Å². The van der Waals surface area contributed by atoms with Crippen molar-refractivity contribution in [3.63, 3.8) is 0 Å². The third-order valence-electron chi connectivity index (χ3n) is 4.58. The van der Waals surface area contributed by atoms with Crippen LogP contribution >= 0.6 is 0 Å². The zero-order chi connectivity index (χ0) is 8.73. The van der Waals surface area contributed by atoms with Crippen LogP contribution in [0.3, 0.4) is 0 Å². The fourth-order valence-electron chi connectivity index (χ4n) is 2.98. The van der Waals surface area contributed by atoms with E-state index in [0.29, 0.717) is 0 Å². The minimum absolute atomic E-state index is 0.873. The van der Waals surface area contributed by atoms with Gasteiger partial charge in [-0.2, -0.15) is 0 Å². The fourth-order valence-corrected chi connectivity index (χ4v) is 2.98. The summed E-state index contributed by atoms with van der Waals surface area (Å²) in [6.45, 7) is 0. The van der Waals surface area contributed by atoms with E-state index in [1.54, 1.807) is 12.8 Å². The first-order valence-corrected chi connectivity index (χ1v) is 6.12. The molecule has 1 nitrogen and oxygen atoms in total. The Balaban J connectivity index is 1.45. The van der Waals surface area contributed by atoms with Crippen LogP contribution in [-0.4, -0.2) is 12.1 Å². The summed E-state index contributed by atoms with van der Waals surface area (Å²) in [7, 11) is 0. The first-order chi connectivity index (χ1) is 6.36. The Kier molecular flexibility index (Phi) is 1.90. The Morgan fingerprint density at radius 2 is 1.38 bits per heavy atom. The monoisotopic (exact) mass is 179 g/mol. The van der Waals surface area contributed by atoms with Crippen molar-refractivity contribution in [3.05, 3.63) is 0 Å². The molecule has 1 heteroatoms. The summed E-state index contributed by atoms with van der Waals surface area (Å²) in [5, 5.41) is 3.82. The Morgan fingerprint density at radius 1 is 0.769 bits per heavy atom. The van der Waals surface area contributed by atoms with Crippen molar-refractivity contribution < 1.29 is 0 Å². The van der Waals surface area contributed by atoms with Gasteiger partial charge in [-0.05, 0) is 56.8 Å². The van der Waals surface area contributed by atoms with Crippen LogP contribution in [0.25, 0.3) is 0 Å². The molecule has 0 aliphatic heterocycles. The highest BCUT2D eigenvalue weighted by Crippen LogP contribution is 2.56. The highest BCUT2D eigenvalue weighted by Gasteiger charge is 2.44. The van der Waals surface area contributed by atoms with Crippen LogP contribution in [0.2, 0.25) is 0 Å². The second kappa shape index (κ2) is 2.98. The smallest absolute Gasteiger partial charge is 0.00700 e. The van der Waals surface area contributed by atoms with E-state index in [9.17, 15) is 0 Å². The van der Waals surface area contributed by atoms with Crippen LogP contribution in [0.5, 0.6) is 0 Å². The van der Waals surface area contributed by atoms with Crippen molar-refractivity contribution in [2.24, 2.45) is 5.41 Å². The molecule has 3 aliphatic carbocycles. The van der Waals surface area contributed by atoms with Crippen LogP contribution in [0.4, 0.5) is 0 Å². The van der Waals surface area contributed by atoms with Gasteiger partial charge in [-0.25, -0.2) is 0 Å². The molecule has 74 valence electrons. The Labute approximate surface area is 81.3 Å². The maximum Gasteiger partial charge on any atom is 0.00700 e. The van der Waals surface area contributed by atoms with Gasteiger partial charge in [-0.3, -0.25) is 0 Å². The Morgan fingerprint density at radius 3 is 1.85 bits per heavy atom. The molecule has 3 rings (SSSR count). The van der Waals surface area contributed by atoms with Crippen molar-refractivity contribution in [2.75, 3.05) is 0 Å². The van der Waals surface area contributed by atoms with Gasteiger partial charge in [-0.15, -0.1) is 0 Å². The topological polar surface area (TPSA) is 12.0 Å². The highest BCUT2D eigenvalue weighted by atomic mass is 15.0. The van der Waals surface area contributed by atoms with E-state index in [1.165, 1.54) is 44.9 Å². The predicted octanol–water partition coefficient (Wildman–Crippen LogP) is 2.85. The molecule has 0 aromatic heterocycles. The van der Waals surface area contributed by atoms with Crippen molar-refractivity contribution in [1.82, 2.24) is 5.32 Å². The van der Waals surface area contributed by atoms with Gasteiger partial charge < -0.3 is 5.32 Å². The summed E-state index contributed by atoms with van der Waals surface area (Å²) >= 11 is 0. The van der Waals surface area contributed by atoms with E-state index in [-0.39, 0.29) is 0 Å². The molecule has 0 saturated heterocycles. The van der Waals surface area contributed by atoms with Crippen LogP contribution in [0.15, 0.2) is 0 Å². The van der Waals surface area contributed by atoms with Crippen LogP contribution in [0, 0.1) is 5.41 Å². The molecule has 1 spiro atoms. The lowest BCUT2D eigenvalue weighted by Crippen LogP contribution is -2.44. The third-order valence-corrected chi connectivity index (χ3v) is 4.58. The predicted molar refractivity (Wildman–Crippen MR) is 54.7 cm³/mol. The van der Waals surface area contributed by atoms with Crippen LogP contribution in [-0.2, 0) is 0 Å². The van der Waals surface area contributed by atoms with Crippen LogP contribution in [0.1, 0.15) is 57.8 Å². The third kappa shape index (κ3) is 1.63. The van der Waals surface area contributed by atoms with Crippen molar-refractivity contribution in [1.29, 1.82) is 0 Å². The molecule has 3 saturated carbocycles. The molecule has 0 amide bonds. The lowest BCUT2D eigenvalue weighted by Gasteiger charge is -2.35. The van der Waals surface area contributed by atoms with Gasteiger partial charge >= 0.3 is 0 Å². The first-order valence-electron chi connectivity index (χ1n) is 6.12. The van der Waals surface area contributed by atoms with E-state index in [2.05, 4.69) is 5.32 Å². The number of hydrogen-bond donors (Lipinski definition) is 1. The molecule has 0 unspecified atom stereocenters. The molecule has 0 bridgehead atoms. The molecule has 0 aromatic rings. The second-order valence-electron chi connectivity index (χ2n) is 5.57. The average Bonchev–Trinajstić information content (AvgIpc) is 2.82. The van der Waals surface area contributed by atoms with Crippen molar-refractivity contribution in [2.45, 2.75) is 69.9 Å². The number of rotatable bonds is 2. The van der Waals surface area contributed by atoms with Crippen LogP contribution < -0.4 is 5.32 Å². The van der Waals surface area contributed by atoms with E-state index >= 15 is 0 Å². The molecule has 1 N–H and O–H groups in total. The second-order valence-corrected chi connectivity index (χ2v) is 5.57. The lowest BCUT2D eigenvalue weighted by atomic mass is 9.82.